The first-order valence-electron chi connectivity index (χ1n) is 11.4. The van der Waals surface area contributed by atoms with Gasteiger partial charge in [0.2, 0.25) is 0 Å². The number of ether oxygens (including phenoxy) is 3. The predicted octanol–water partition coefficient (Wildman–Crippen LogP) is 3.87. The third-order valence-electron chi connectivity index (χ3n) is 5.88. The summed E-state index contributed by atoms with van der Waals surface area (Å²) in [4.78, 5) is 17.4. The van der Waals surface area contributed by atoms with Gasteiger partial charge in [-0.25, -0.2) is 0 Å². The summed E-state index contributed by atoms with van der Waals surface area (Å²) in [5, 5.41) is 0.562. The number of morpholine rings is 1. The van der Waals surface area contributed by atoms with E-state index in [4.69, 9.17) is 25.8 Å². The van der Waals surface area contributed by atoms with Crippen molar-refractivity contribution >= 4 is 17.5 Å². The fraction of sp³-hybridized carbons (Fsp3) is 0.480. The first-order valence-corrected chi connectivity index (χ1v) is 11.7. The molecule has 1 atom stereocenters. The van der Waals surface area contributed by atoms with E-state index in [2.05, 4.69) is 4.90 Å². The lowest BCUT2D eigenvalue weighted by molar-refractivity contribution is 0.0322. The fourth-order valence-corrected chi connectivity index (χ4v) is 4.28. The highest BCUT2D eigenvalue weighted by Crippen LogP contribution is 2.20. The normalized spacial score (nSPS) is 19.1. The van der Waals surface area contributed by atoms with Crippen LogP contribution in [0.25, 0.3) is 0 Å². The molecule has 0 radical (unpaired) electrons. The van der Waals surface area contributed by atoms with Gasteiger partial charge in [-0.15, -0.1) is 0 Å². The van der Waals surface area contributed by atoms with Gasteiger partial charge in [0.25, 0.3) is 5.91 Å². The van der Waals surface area contributed by atoms with Crippen LogP contribution in [0.1, 0.15) is 28.8 Å². The van der Waals surface area contributed by atoms with Gasteiger partial charge < -0.3 is 19.1 Å². The van der Waals surface area contributed by atoms with Crippen molar-refractivity contribution in [3.05, 3.63) is 64.7 Å². The second-order valence-corrected chi connectivity index (χ2v) is 8.71. The molecule has 7 heteroatoms. The maximum atomic E-state index is 13.2. The van der Waals surface area contributed by atoms with Crippen LogP contribution in [0.15, 0.2) is 48.5 Å². The third-order valence-corrected chi connectivity index (χ3v) is 6.12. The number of nitrogens with zero attached hydrogens (tertiary/aromatic N) is 2. The summed E-state index contributed by atoms with van der Waals surface area (Å²) >= 11 is 6.11. The van der Waals surface area contributed by atoms with Crippen molar-refractivity contribution in [1.29, 1.82) is 0 Å². The topological polar surface area (TPSA) is 51.2 Å². The highest BCUT2D eigenvalue weighted by atomic mass is 35.5. The van der Waals surface area contributed by atoms with Crippen molar-refractivity contribution in [1.82, 2.24) is 9.80 Å². The molecule has 0 saturated carbocycles. The molecule has 2 aliphatic heterocycles. The summed E-state index contributed by atoms with van der Waals surface area (Å²) < 4.78 is 17.1. The van der Waals surface area contributed by atoms with Gasteiger partial charge in [0.15, 0.2) is 0 Å². The highest BCUT2D eigenvalue weighted by Gasteiger charge is 2.24. The van der Waals surface area contributed by atoms with Crippen LogP contribution in [-0.2, 0) is 16.0 Å². The first-order chi connectivity index (χ1) is 15.7. The summed E-state index contributed by atoms with van der Waals surface area (Å²) in [6.45, 7) is 6.91. The molecule has 0 spiro atoms. The van der Waals surface area contributed by atoms with E-state index in [0.29, 0.717) is 30.3 Å². The largest absolute Gasteiger partial charge is 0.492 e. The minimum atomic E-state index is -0.0335. The van der Waals surface area contributed by atoms with Crippen LogP contribution in [0.4, 0.5) is 0 Å². The number of hydrogen-bond donors (Lipinski definition) is 0. The fourth-order valence-electron chi connectivity index (χ4n) is 4.09. The molecule has 4 rings (SSSR count). The molecule has 2 aromatic carbocycles. The van der Waals surface area contributed by atoms with Gasteiger partial charge in [0.1, 0.15) is 12.4 Å². The van der Waals surface area contributed by atoms with Crippen molar-refractivity contribution in [2.75, 3.05) is 52.6 Å². The maximum absolute atomic E-state index is 13.2. The Morgan fingerprint density at radius 2 is 1.94 bits per heavy atom. The average Bonchev–Trinajstić information content (AvgIpc) is 3.33. The molecule has 6 nitrogen and oxygen atoms in total. The number of carbonyl (C=O) groups is 1. The number of amides is 1. The summed E-state index contributed by atoms with van der Waals surface area (Å²) in [5.74, 6) is 0.808. The van der Waals surface area contributed by atoms with Crippen molar-refractivity contribution in [3.63, 3.8) is 0 Å². The van der Waals surface area contributed by atoms with Crippen molar-refractivity contribution in [2.45, 2.75) is 25.5 Å². The van der Waals surface area contributed by atoms with E-state index in [1.807, 2.05) is 41.3 Å². The molecule has 2 fully saturated rings. The summed E-state index contributed by atoms with van der Waals surface area (Å²) in [5.41, 5.74) is 1.65. The minimum absolute atomic E-state index is 0.0335. The van der Waals surface area contributed by atoms with E-state index in [0.717, 1.165) is 63.6 Å². The molecule has 2 saturated heterocycles. The van der Waals surface area contributed by atoms with Crippen molar-refractivity contribution in [3.8, 4) is 5.75 Å². The van der Waals surface area contributed by atoms with Crippen molar-refractivity contribution in [2.24, 2.45) is 0 Å². The number of halogens is 1. The van der Waals surface area contributed by atoms with E-state index < -0.39 is 0 Å². The number of carbonyl (C=O) groups excluding carboxylic acids is 1. The van der Waals surface area contributed by atoms with E-state index in [9.17, 15) is 4.79 Å². The Hall–Kier alpha value is -2.12. The molecule has 2 aromatic rings. The van der Waals surface area contributed by atoms with Crippen LogP contribution < -0.4 is 4.74 Å². The van der Waals surface area contributed by atoms with Gasteiger partial charge in [-0.1, -0.05) is 29.8 Å². The first kappa shape index (κ1) is 23.1. The number of benzene rings is 2. The summed E-state index contributed by atoms with van der Waals surface area (Å²) in [6, 6.07) is 15.1. The predicted molar refractivity (Wildman–Crippen MR) is 124 cm³/mol. The second-order valence-electron chi connectivity index (χ2n) is 8.28. The molecule has 0 unspecified atom stereocenters. The maximum Gasteiger partial charge on any atom is 0.254 e. The Kier molecular flexibility index (Phi) is 8.40. The lowest BCUT2D eigenvalue weighted by Gasteiger charge is -2.26. The van der Waals surface area contributed by atoms with Gasteiger partial charge in [0.05, 0.1) is 19.3 Å². The zero-order valence-electron chi connectivity index (χ0n) is 18.4. The number of hydrogen-bond acceptors (Lipinski definition) is 5. The van der Waals surface area contributed by atoms with E-state index in [-0.39, 0.29) is 12.0 Å². The number of rotatable bonds is 9. The van der Waals surface area contributed by atoms with Crippen LogP contribution in [-0.4, -0.2) is 74.4 Å². The van der Waals surface area contributed by atoms with Crippen LogP contribution >= 0.6 is 11.6 Å². The molecule has 2 heterocycles. The molecular weight excluding hydrogens is 428 g/mol. The van der Waals surface area contributed by atoms with Crippen molar-refractivity contribution < 1.29 is 19.0 Å². The monoisotopic (exact) mass is 458 g/mol. The van der Waals surface area contributed by atoms with E-state index >= 15 is 0 Å². The van der Waals surface area contributed by atoms with E-state index in [1.165, 1.54) is 0 Å². The standard InChI is InChI=1S/C25H31ClN2O4/c26-22-4-1-3-21(17-22)25(29)28(19-24-5-2-13-31-24)18-20-6-8-23(9-7-20)32-16-12-27-10-14-30-15-11-27/h1,3-4,6-9,17,24H,2,5,10-16,18-19H2/t24-/m1/s1. The molecular formula is C25H31ClN2O4. The highest BCUT2D eigenvalue weighted by molar-refractivity contribution is 6.30. The Balaban J connectivity index is 1.35. The molecule has 1 amide bonds. The summed E-state index contributed by atoms with van der Waals surface area (Å²) in [6.07, 6.45) is 2.11. The molecule has 0 bridgehead atoms. The second kappa shape index (κ2) is 11.7. The molecule has 172 valence electrons. The molecule has 0 aliphatic carbocycles. The zero-order chi connectivity index (χ0) is 22.2. The molecule has 32 heavy (non-hydrogen) atoms. The van der Waals surface area contributed by atoms with Gasteiger partial charge in [-0.2, -0.15) is 0 Å². The molecule has 2 aliphatic rings. The Bertz CT molecular complexity index is 865. The van der Waals surface area contributed by atoms with Gasteiger partial charge in [0, 0.05) is 49.9 Å². The van der Waals surface area contributed by atoms with E-state index in [1.54, 1.807) is 12.1 Å². The SMILES string of the molecule is O=C(c1cccc(Cl)c1)N(Cc1ccc(OCCN2CCOCC2)cc1)C[C@H]1CCCO1. The molecule has 0 aromatic heterocycles. The summed E-state index contributed by atoms with van der Waals surface area (Å²) in [7, 11) is 0. The van der Waals surface area contributed by atoms with Crippen LogP contribution in [0.3, 0.4) is 0 Å². The zero-order valence-corrected chi connectivity index (χ0v) is 19.1. The Labute approximate surface area is 195 Å². The minimum Gasteiger partial charge on any atom is -0.492 e. The van der Waals surface area contributed by atoms with Crippen LogP contribution in [0.5, 0.6) is 5.75 Å². The Morgan fingerprint density at radius 3 is 2.66 bits per heavy atom. The third kappa shape index (κ3) is 6.69. The smallest absolute Gasteiger partial charge is 0.254 e. The van der Waals surface area contributed by atoms with Crippen LogP contribution in [0, 0.1) is 0 Å². The lowest BCUT2D eigenvalue weighted by atomic mass is 10.1. The van der Waals surface area contributed by atoms with Gasteiger partial charge in [-0.05, 0) is 48.7 Å². The average molecular weight is 459 g/mol. The quantitative estimate of drug-likeness (QED) is 0.571. The van der Waals surface area contributed by atoms with Crippen LogP contribution in [0.2, 0.25) is 5.02 Å². The van der Waals surface area contributed by atoms with Gasteiger partial charge >= 0.3 is 0 Å². The van der Waals surface area contributed by atoms with Gasteiger partial charge in [-0.3, -0.25) is 9.69 Å². The Morgan fingerprint density at radius 1 is 1.12 bits per heavy atom. The lowest BCUT2D eigenvalue weighted by Crippen LogP contribution is -2.38. The molecule has 0 N–H and O–H groups in total.